The van der Waals surface area contributed by atoms with E-state index in [1.807, 2.05) is 18.7 Å². The Balaban J connectivity index is 0.00000196. The van der Waals surface area contributed by atoms with Crippen LogP contribution in [-0.2, 0) is 6.54 Å². The lowest BCUT2D eigenvalue weighted by Gasteiger charge is -2.09. The van der Waals surface area contributed by atoms with E-state index in [2.05, 4.69) is 32.4 Å². The van der Waals surface area contributed by atoms with Crippen molar-refractivity contribution in [1.29, 1.82) is 0 Å². The molecule has 0 amide bonds. The Morgan fingerprint density at radius 2 is 2.13 bits per heavy atom. The van der Waals surface area contributed by atoms with E-state index in [0.29, 0.717) is 4.83 Å². The van der Waals surface area contributed by atoms with Gasteiger partial charge in [-0.25, -0.2) is 4.98 Å². The largest absolute Gasteiger partial charge is 0.336 e. The molecule has 0 aromatic carbocycles. The molecule has 0 aliphatic rings. The first kappa shape index (κ1) is 15.2. The normalized spacial score (nSPS) is 12.1. The van der Waals surface area contributed by atoms with Crippen molar-refractivity contribution in [2.24, 2.45) is 0 Å². The van der Waals surface area contributed by atoms with E-state index < -0.39 is 0 Å². The van der Waals surface area contributed by atoms with Gasteiger partial charge in [0, 0.05) is 23.8 Å². The van der Waals surface area contributed by atoms with Crippen LogP contribution in [0.15, 0.2) is 18.7 Å². The Labute approximate surface area is 111 Å². The Bertz CT molecular complexity index is 225. The Morgan fingerprint density at radius 3 is 2.73 bits per heavy atom. The summed E-state index contributed by atoms with van der Waals surface area (Å²) < 4.78 is 2.12. The zero-order valence-corrected chi connectivity index (χ0v) is 12.5. The molecule has 0 spiro atoms. The fourth-order valence-corrected chi connectivity index (χ4v) is 2.17. The molecule has 15 heavy (non-hydrogen) atoms. The summed E-state index contributed by atoms with van der Waals surface area (Å²) in [5.74, 6) is 0. The van der Waals surface area contributed by atoms with Crippen LogP contribution in [-0.4, -0.2) is 14.4 Å². The van der Waals surface area contributed by atoms with Crippen LogP contribution in [0.25, 0.3) is 0 Å². The number of rotatable bonds is 7. The third-order valence-corrected chi connectivity index (χ3v) is 3.09. The lowest BCUT2D eigenvalue weighted by Crippen LogP contribution is -2.08. The molecule has 1 aromatic heterocycles. The Morgan fingerprint density at radius 1 is 1.33 bits per heavy atom. The van der Waals surface area contributed by atoms with E-state index in [1.165, 1.54) is 32.1 Å². The van der Waals surface area contributed by atoms with Crippen molar-refractivity contribution in [3.8, 4) is 0 Å². The highest BCUT2D eigenvalue weighted by Crippen LogP contribution is 2.13. The fourth-order valence-electron chi connectivity index (χ4n) is 1.51. The number of aromatic nitrogens is 2. The summed E-state index contributed by atoms with van der Waals surface area (Å²) in [5.41, 5.74) is 0. The molecule has 88 valence electrons. The standard InChI is InChI=1S/C11H19BrN2.BrH/c1-2-3-4-5-6-11(12)9-14-8-7-13-10-14;/h7-8,10-11H,2-6,9H2,1H3;1H. The third-order valence-electron chi connectivity index (χ3n) is 2.34. The molecule has 4 heteroatoms. The highest BCUT2D eigenvalue weighted by molar-refractivity contribution is 9.09. The molecule has 1 atom stereocenters. The molecule has 1 aromatic rings. The molecule has 0 fully saturated rings. The first-order valence-corrected chi connectivity index (χ1v) is 6.34. The third kappa shape index (κ3) is 7.12. The van der Waals surface area contributed by atoms with Gasteiger partial charge in [-0.15, -0.1) is 17.0 Å². The van der Waals surface area contributed by atoms with E-state index in [-0.39, 0.29) is 17.0 Å². The molecule has 0 N–H and O–H groups in total. The van der Waals surface area contributed by atoms with Crippen LogP contribution in [0.4, 0.5) is 0 Å². The molecular weight excluding hydrogens is 320 g/mol. The van der Waals surface area contributed by atoms with Crippen LogP contribution < -0.4 is 0 Å². The number of halogens is 2. The zero-order chi connectivity index (χ0) is 10.2. The molecule has 0 radical (unpaired) electrons. The predicted octanol–water partition coefficient (Wildman–Crippen LogP) is 4.19. The van der Waals surface area contributed by atoms with Gasteiger partial charge in [-0.3, -0.25) is 0 Å². The van der Waals surface area contributed by atoms with Crippen molar-refractivity contribution in [3.05, 3.63) is 18.7 Å². The van der Waals surface area contributed by atoms with E-state index in [4.69, 9.17) is 0 Å². The van der Waals surface area contributed by atoms with Gasteiger partial charge in [0.05, 0.1) is 6.33 Å². The first-order chi connectivity index (χ1) is 6.83. The highest BCUT2D eigenvalue weighted by Gasteiger charge is 2.03. The van der Waals surface area contributed by atoms with E-state index in [1.54, 1.807) is 0 Å². The molecule has 0 saturated heterocycles. The molecule has 1 rings (SSSR count). The van der Waals surface area contributed by atoms with Gasteiger partial charge in [-0.1, -0.05) is 48.5 Å². The van der Waals surface area contributed by atoms with E-state index in [9.17, 15) is 0 Å². The lowest BCUT2D eigenvalue weighted by atomic mass is 10.1. The average molecular weight is 340 g/mol. The molecular formula is C11H20Br2N2. The quantitative estimate of drug-likeness (QED) is 0.538. The number of alkyl halides is 1. The van der Waals surface area contributed by atoms with Crippen molar-refractivity contribution in [3.63, 3.8) is 0 Å². The topological polar surface area (TPSA) is 17.8 Å². The second kappa shape index (κ2) is 9.40. The molecule has 1 unspecified atom stereocenters. The maximum absolute atomic E-state index is 4.03. The Hall–Kier alpha value is 0.170. The van der Waals surface area contributed by atoms with Crippen LogP contribution in [0.3, 0.4) is 0 Å². The van der Waals surface area contributed by atoms with Gasteiger partial charge in [0.25, 0.3) is 0 Å². The van der Waals surface area contributed by atoms with Gasteiger partial charge in [-0.05, 0) is 6.42 Å². The second-order valence-corrected chi connectivity index (χ2v) is 5.00. The van der Waals surface area contributed by atoms with Gasteiger partial charge in [0.2, 0.25) is 0 Å². The van der Waals surface area contributed by atoms with Crippen molar-refractivity contribution in [2.45, 2.75) is 50.4 Å². The Kier molecular flexibility index (Phi) is 9.51. The second-order valence-electron chi connectivity index (χ2n) is 3.71. The summed E-state index contributed by atoms with van der Waals surface area (Å²) in [6, 6.07) is 0. The van der Waals surface area contributed by atoms with Crippen molar-refractivity contribution in [1.82, 2.24) is 9.55 Å². The molecule has 0 bridgehead atoms. The monoisotopic (exact) mass is 338 g/mol. The molecule has 0 aliphatic carbocycles. The van der Waals surface area contributed by atoms with Crippen LogP contribution in [0, 0.1) is 0 Å². The van der Waals surface area contributed by atoms with Crippen LogP contribution in [0.5, 0.6) is 0 Å². The molecule has 1 heterocycles. The fraction of sp³-hybridized carbons (Fsp3) is 0.727. The number of hydrogen-bond acceptors (Lipinski definition) is 1. The maximum Gasteiger partial charge on any atom is 0.0946 e. The molecule has 2 nitrogen and oxygen atoms in total. The van der Waals surface area contributed by atoms with Gasteiger partial charge in [-0.2, -0.15) is 0 Å². The smallest absolute Gasteiger partial charge is 0.0946 e. The highest BCUT2D eigenvalue weighted by atomic mass is 79.9. The SMILES string of the molecule is Br.CCCCCCC(Br)Cn1ccnc1. The minimum atomic E-state index is 0. The summed E-state index contributed by atoms with van der Waals surface area (Å²) in [5, 5.41) is 0. The number of unbranched alkanes of at least 4 members (excludes halogenated alkanes) is 3. The zero-order valence-electron chi connectivity index (χ0n) is 9.23. The van der Waals surface area contributed by atoms with Gasteiger partial charge < -0.3 is 4.57 Å². The minimum absolute atomic E-state index is 0. The van der Waals surface area contributed by atoms with Gasteiger partial charge in [0.15, 0.2) is 0 Å². The first-order valence-electron chi connectivity index (χ1n) is 5.42. The summed E-state index contributed by atoms with van der Waals surface area (Å²) in [4.78, 5) is 4.62. The van der Waals surface area contributed by atoms with Gasteiger partial charge in [0.1, 0.15) is 0 Å². The summed E-state index contributed by atoms with van der Waals surface area (Å²) in [6.07, 6.45) is 12.4. The molecule has 0 saturated carbocycles. The van der Waals surface area contributed by atoms with Crippen molar-refractivity contribution >= 4 is 32.9 Å². The number of imidazole rings is 1. The van der Waals surface area contributed by atoms with Crippen LogP contribution in [0.2, 0.25) is 0 Å². The lowest BCUT2D eigenvalue weighted by molar-refractivity contribution is 0.575. The van der Waals surface area contributed by atoms with E-state index >= 15 is 0 Å². The summed E-state index contributed by atoms with van der Waals surface area (Å²) in [6.45, 7) is 3.28. The summed E-state index contributed by atoms with van der Waals surface area (Å²) in [7, 11) is 0. The predicted molar refractivity (Wildman–Crippen MR) is 74.0 cm³/mol. The summed E-state index contributed by atoms with van der Waals surface area (Å²) >= 11 is 3.70. The van der Waals surface area contributed by atoms with Gasteiger partial charge >= 0.3 is 0 Å². The van der Waals surface area contributed by atoms with Crippen molar-refractivity contribution in [2.75, 3.05) is 0 Å². The van der Waals surface area contributed by atoms with Crippen LogP contribution >= 0.6 is 32.9 Å². The minimum Gasteiger partial charge on any atom is -0.336 e. The van der Waals surface area contributed by atoms with Crippen molar-refractivity contribution < 1.29 is 0 Å². The number of nitrogens with zero attached hydrogens (tertiary/aromatic N) is 2. The molecule has 0 aliphatic heterocycles. The number of hydrogen-bond donors (Lipinski definition) is 0. The average Bonchev–Trinajstić information content (AvgIpc) is 2.65. The van der Waals surface area contributed by atoms with Crippen LogP contribution in [0.1, 0.15) is 39.0 Å². The maximum atomic E-state index is 4.03. The van der Waals surface area contributed by atoms with E-state index in [0.717, 1.165) is 6.54 Å².